The van der Waals surface area contributed by atoms with Crippen molar-refractivity contribution in [2.45, 2.75) is 96.1 Å². The van der Waals surface area contributed by atoms with Crippen molar-refractivity contribution < 1.29 is 4.79 Å². The van der Waals surface area contributed by atoms with E-state index in [1.807, 2.05) is 0 Å². The van der Waals surface area contributed by atoms with E-state index >= 15 is 0 Å². The van der Waals surface area contributed by atoms with Crippen LogP contribution in [-0.4, -0.2) is 112 Å². The third-order valence-electron chi connectivity index (χ3n) is 10.9. The quantitative estimate of drug-likeness (QED) is 0.123. The van der Waals surface area contributed by atoms with Gasteiger partial charge in [0, 0.05) is 70.6 Å². The lowest BCUT2D eigenvalue weighted by molar-refractivity contribution is -0.134. The molecule has 1 aromatic carbocycles. The van der Waals surface area contributed by atoms with E-state index in [2.05, 4.69) is 80.1 Å². The number of unbranched alkanes of at least 4 members (excludes halogenated alkanes) is 3. The number of likely N-dealkylation sites (tertiary alicyclic amines) is 1. The van der Waals surface area contributed by atoms with E-state index in [-0.39, 0.29) is 5.54 Å². The summed E-state index contributed by atoms with van der Waals surface area (Å²) in [7, 11) is 0. The molecule has 9 heteroatoms. The minimum absolute atomic E-state index is 0.372. The van der Waals surface area contributed by atoms with Gasteiger partial charge in [0.15, 0.2) is 0 Å². The Balaban J connectivity index is 1.09. The Morgan fingerprint density at radius 1 is 0.761 bits per heavy atom. The van der Waals surface area contributed by atoms with Gasteiger partial charge in [0.05, 0.1) is 6.67 Å². The molecule has 1 amide bonds. The predicted molar refractivity (Wildman–Crippen MR) is 193 cm³/mol. The summed E-state index contributed by atoms with van der Waals surface area (Å²) in [4.78, 5) is 21.5. The summed E-state index contributed by atoms with van der Waals surface area (Å²) >= 11 is 0. The van der Waals surface area contributed by atoms with Gasteiger partial charge in [-0.2, -0.15) is 0 Å². The number of hydrogen-bond acceptors (Lipinski definition) is 8. The summed E-state index contributed by atoms with van der Waals surface area (Å²) < 4.78 is 0. The van der Waals surface area contributed by atoms with E-state index in [0.717, 1.165) is 116 Å². The fraction of sp³-hybridized carbons (Fsp3) is 0.811. The molecule has 0 aromatic heterocycles. The molecule has 2 saturated heterocycles. The molecular weight excluding hydrogens is 572 g/mol. The Kier molecular flexibility index (Phi) is 16.6. The molecule has 0 radical (unpaired) electrons. The van der Waals surface area contributed by atoms with Crippen molar-refractivity contribution in [1.82, 2.24) is 31.1 Å². The van der Waals surface area contributed by atoms with E-state index < -0.39 is 0 Å². The number of para-hydroxylation sites is 1. The number of nitrogens with one attached hydrogen (secondary N) is 4. The van der Waals surface area contributed by atoms with Gasteiger partial charge >= 0.3 is 0 Å². The SMILES string of the molecule is CC(C)[C@H]1CC[C@@H](N2CCC3(CC2)C(=O)N(CCCCCCNCCNCCCNCCNCCN)CN3c2ccccc2)CC1. The molecule has 262 valence electrons. The van der Waals surface area contributed by atoms with Crippen LogP contribution in [0.25, 0.3) is 0 Å². The highest BCUT2D eigenvalue weighted by atomic mass is 16.2. The van der Waals surface area contributed by atoms with Crippen molar-refractivity contribution in [2.24, 2.45) is 17.6 Å². The van der Waals surface area contributed by atoms with Crippen LogP contribution < -0.4 is 31.9 Å². The Labute approximate surface area is 281 Å². The summed E-state index contributed by atoms with van der Waals surface area (Å²) in [6, 6.07) is 11.4. The molecule has 1 aliphatic carbocycles. The van der Waals surface area contributed by atoms with Gasteiger partial charge in [0.1, 0.15) is 5.54 Å². The first-order chi connectivity index (χ1) is 22.5. The number of rotatable bonds is 22. The van der Waals surface area contributed by atoms with E-state index in [1.165, 1.54) is 50.6 Å². The van der Waals surface area contributed by atoms with Crippen molar-refractivity contribution >= 4 is 11.6 Å². The Morgan fingerprint density at radius 3 is 1.96 bits per heavy atom. The second-order valence-electron chi connectivity index (χ2n) is 14.4. The van der Waals surface area contributed by atoms with E-state index in [9.17, 15) is 4.79 Å². The van der Waals surface area contributed by atoms with Crippen LogP contribution in [0.15, 0.2) is 30.3 Å². The van der Waals surface area contributed by atoms with Crippen LogP contribution in [0, 0.1) is 11.8 Å². The van der Waals surface area contributed by atoms with Gasteiger partial charge in [-0.1, -0.05) is 44.9 Å². The van der Waals surface area contributed by atoms with Gasteiger partial charge in [0.2, 0.25) is 5.91 Å². The van der Waals surface area contributed by atoms with Crippen LogP contribution in [0.2, 0.25) is 0 Å². The first-order valence-corrected chi connectivity index (χ1v) is 18.9. The summed E-state index contributed by atoms with van der Waals surface area (Å²) in [6.45, 7) is 17.3. The normalized spacial score (nSPS) is 22.0. The Hall–Kier alpha value is -1.75. The maximum atomic E-state index is 14.1. The van der Waals surface area contributed by atoms with Gasteiger partial charge in [-0.05, 0) is 101 Å². The number of carbonyl (C=O) groups excluding carboxylic acids is 1. The highest BCUT2D eigenvalue weighted by molar-refractivity contribution is 5.93. The zero-order valence-electron chi connectivity index (χ0n) is 29.4. The zero-order valence-corrected chi connectivity index (χ0v) is 29.4. The maximum Gasteiger partial charge on any atom is 0.250 e. The molecule has 4 rings (SSSR count). The maximum absolute atomic E-state index is 14.1. The molecule has 3 fully saturated rings. The number of nitrogens with zero attached hydrogens (tertiary/aromatic N) is 3. The largest absolute Gasteiger partial charge is 0.339 e. The second-order valence-corrected chi connectivity index (χ2v) is 14.4. The molecule has 2 aliphatic heterocycles. The van der Waals surface area contributed by atoms with Crippen LogP contribution in [0.3, 0.4) is 0 Å². The highest BCUT2D eigenvalue weighted by Crippen LogP contribution is 2.41. The molecule has 1 aromatic rings. The first-order valence-electron chi connectivity index (χ1n) is 18.9. The number of benzene rings is 1. The minimum atomic E-state index is -0.372. The third-order valence-corrected chi connectivity index (χ3v) is 10.9. The summed E-state index contributed by atoms with van der Waals surface area (Å²) in [5, 5.41) is 13.9. The van der Waals surface area contributed by atoms with Gasteiger partial charge < -0.3 is 41.7 Å². The molecule has 0 unspecified atom stereocenters. The molecule has 9 nitrogen and oxygen atoms in total. The summed E-state index contributed by atoms with van der Waals surface area (Å²) in [6.07, 6.45) is 13.1. The first kappa shape index (κ1) is 37.1. The van der Waals surface area contributed by atoms with Crippen molar-refractivity contribution in [1.29, 1.82) is 0 Å². The predicted octanol–water partition coefficient (Wildman–Crippen LogP) is 3.61. The Bertz CT molecular complexity index is 946. The van der Waals surface area contributed by atoms with Crippen LogP contribution >= 0.6 is 0 Å². The zero-order chi connectivity index (χ0) is 32.5. The van der Waals surface area contributed by atoms with Gasteiger partial charge in [-0.15, -0.1) is 0 Å². The van der Waals surface area contributed by atoms with Crippen LogP contribution in [0.5, 0.6) is 0 Å². The Morgan fingerprint density at radius 2 is 1.35 bits per heavy atom. The van der Waals surface area contributed by atoms with Crippen LogP contribution in [0.4, 0.5) is 5.69 Å². The molecule has 46 heavy (non-hydrogen) atoms. The van der Waals surface area contributed by atoms with Crippen molar-refractivity contribution in [2.75, 3.05) is 90.1 Å². The number of amides is 1. The molecular formula is C37H68N8O. The number of piperidine rings is 1. The molecule has 3 aliphatic rings. The molecule has 2 heterocycles. The molecule has 0 bridgehead atoms. The lowest BCUT2D eigenvalue weighted by Crippen LogP contribution is -2.58. The average Bonchev–Trinajstić information content (AvgIpc) is 3.34. The number of anilines is 1. The van der Waals surface area contributed by atoms with Crippen LogP contribution in [-0.2, 0) is 4.79 Å². The molecule has 1 saturated carbocycles. The smallest absolute Gasteiger partial charge is 0.250 e. The lowest BCUT2D eigenvalue weighted by atomic mass is 9.78. The molecule has 1 spiro atoms. The summed E-state index contributed by atoms with van der Waals surface area (Å²) in [5.41, 5.74) is 6.31. The van der Waals surface area contributed by atoms with Gasteiger partial charge in [0.25, 0.3) is 0 Å². The van der Waals surface area contributed by atoms with E-state index in [0.29, 0.717) is 18.5 Å². The fourth-order valence-electron chi connectivity index (χ4n) is 7.97. The van der Waals surface area contributed by atoms with Gasteiger partial charge in [-0.3, -0.25) is 4.79 Å². The average molecular weight is 641 g/mol. The van der Waals surface area contributed by atoms with Gasteiger partial charge in [-0.25, -0.2) is 0 Å². The number of carbonyl (C=O) groups is 1. The standard InChI is InChI=1S/C37H68N8O/c1-32(2)33-13-15-34(16-14-33)43-29-17-37(18-30-43)36(46)44(31-45(37)35-11-6-5-7-12-35)28-9-4-3-8-20-39-24-25-40-21-10-22-41-26-27-42-23-19-38/h5-7,11-12,32-34,39-42H,3-4,8-10,13-31,38H2,1-2H3/t33-,34+. The van der Waals surface area contributed by atoms with Crippen molar-refractivity contribution in [3.63, 3.8) is 0 Å². The highest BCUT2D eigenvalue weighted by Gasteiger charge is 2.54. The third kappa shape index (κ3) is 11.2. The monoisotopic (exact) mass is 641 g/mol. The number of nitrogens with two attached hydrogens (primary N) is 1. The molecule has 6 N–H and O–H groups in total. The number of hydrogen-bond donors (Lipinski definition) is 5. The van der Waals surface area contributed by atoms with E-state index in [1.54, 1.807) is 0 Å². The minimum Gasteiger partial charge on any atom is -0.339 e. The topological polar surface area (TPSA) is 101 Å². The fourth-order valence-corrected chi connectivity index (χ4v) is 7.97. The summed E-state index contributed by atoms with van der Waals surface area (Å²) in [5.74, 6) is 2.08. The lowest BCUT2D eigenvalue weighted by Gasteiger charge is -2.47. The van der Waals surface area contributed by atoms with Crippen molar-refractivity contribution in [3.8, 4) is 0 Å². The van der Waals surface area contributed by atoms with E-state index in [4.69, 9.17) is 5.73 Å². The molecule has 0 atom stereocenters. The van der Waals surface area contributed by atoms with Crippen LogP contribution in [0.1, 0.15) is 84.5 Å². The van der Waals surface area contributed by atoms with Crippen molar-refractivity contribution in [3.05, 3.63) is 30.3 Å². The second kappa shape index (κ2) is 20.6.